The number of hydrogen-bond acceptors (Lipinski definition) is 3. The molecule has 1 aromatic carbocycles. The summed E-state index contributed by atoms with van der Waals surface area (Å²) in [7, 11) is 1.72. The fraction of sp³-hybridized carbons (Fsp3) is 0.500. The summed E-state index contributed by atoms with van der Waals surface area (Å²) in [6.45, 7) is 3.87. The van der Waals surface area contributed by atoms with E-state index >= 15 is 0 Å². The molecular weight excluding hydrogens is 295 g/mol. The lowest BCUT2D eigenvalue weighted by atomic mass is 10.0. The first-order valence-electron chi connectivity index (χ1n) is 8.13. The number of carbonyl (C=O) groups excluding carboxylic acids is 1. The van der Waals surface area contributed by atoms with Crippen molar-refractivity contribution in [1.29, 1.82) is 0 Å². The summed E-state index contributed by atoms with van der Waals surface area (Å²) in [6, 6.07) is 6.31. The lowest BCUT2D eigenvalue weighted by Gasteiger charge is -2.32. The molecular formula is C18H25FN2O2. The van der Waals surface area contributed by atoms with Crippen molar-refractivity contribution >= 4 is 12.0 Å². The topological polar surface area (TPSA) is 41.6 Å². The van der Waals surface area contributed by atoms with Gasteiger partial charge in [0.05, 0.1) is 0 Å². The van der Waals surface area contributed by atoms with Crippen LogP contribution in [0.1, 0.15) is 24.8 Å². The van der Waals surface area contributed by atoms with E-state index in [2.05, 4.69) is 10.2 Å². The third-order valence-corrected chi connectivity index (χ3v) is 4.05. The predicted molar refractivity (Wildman–Crippen MR) is 89.5 cm³/mol. The van der Waals surface area contributed by atoms with Crippen molar-refractivity contribution in [3.05, 3.63) is 41.7 Å². The Labute approximate surface area is 137 Å². The summed E-state index contributed by atoms with van der Waals surface area (Å²) in [6.07, 6.45) is 6.22. The average molecular weight is 320 g/mol. The van der Waals surface area contributed by atoms with Crippen molar-refractivity contribution in [3.63, 3.8) is 0 Å². The average Bonchev–Trinajstić information content (AvgIpc) is 2.56. The van der Waals surface area contributed by atoms with Crippen molar-refractivity contribution in [2.45, 2.75) is 25.3 Å². The van der Waals surface area contributed by atoms with E-state index in [1.807, 2.05) is 0 Å². The normalized spacial score (nSPS) is 16.8. The maximum Gasteiger partial charge on any atom is 0.244 e. The summed E-state index contributed by atoms with van der Waals surface area (Å²) < 4.78 is 17.9. The van der Waals surface area contributed by atoms with Gasteiger partial charge < -0.3 is 15.0 Å². The fourth-order valence-corrected chi connectivity index (χ4v) is 2.73. The molecule has 2 rings (SSSR count). The van der Waals surface area contributed by atoms with Crippen LogP contribution in [0.3, 0.4) is 0 Å². The summed E-state index contributed by atoms with van der Waals surface area (Å²) in [5.41, 5.74) is 0.814. The van der Waals surface area contributed by atoms with Gasteiger partial charge in [-0.3, -0.25) is 4.79 Å². The first kappa shape index (κ1) is 17.6. The predicted octanol–water partition coefficient (Wildman–Crippen LogP) is 2.46. The molecule has 1 amide bonds. The van der Waals surface area contributed by atoms with E-state index in [1.165, 1.54) is 18.2 Å². The van der Waals surface area contributed by atoms with Crippen molar-refractivity contribution in [2.75, 3.05) is 33.4 Å². The first-order chi connectivity index (χ1) is 11.2. The largest absolute Gasteiger partial charge is 0.385 e. The molecule has 0 unspecified atom stereocenters. The molecule has 0 radical (unpaired) electrons. The zero-order chi connectivity index (χ0) is 16.5. The summed E-state index contributed by atoms with van der Waals surface area (Å²) in [5.74, 6) is -0.365. The molecule has 1 heterocycles. The number of likely N-dealkylation sites (tertiary alicyclic amines) is 1. The standard InChI is InChI=1S/C18H25FN2O2/c1-23-14-2-11-21-12-9-17(10-13-21)20-18(22)8-5-15-3-6-16(19)7-4-15/h3-8,17H,2,9-14H2,1H3,(H,20,22). The molecule has 1 aromatic rings. The van der Waals surface area contributed by atoms with Crippen LogP contribution in [0.25, 0.3) is 6.08 Å². The molecule has 1 aliphatic rings. The van der Waals surface area contributed by atoms with Crippen LogP contribution in [-0.4, -0.2) is 50.2 Å². The molecule has 0 bridgehead atoms. The Morgan fingerprint density at radius 2 is 2.04 bits per heavy atom. The summed E-state index contributed by atoms with van der Waals surface area (Å²) in [4.78, 5) is 14.4. The van der Waals surface area contributed by atoms with Crippen molar-refractivity contribution in [1.82, 2.24) is 10.2 Å². The van der Waals surface area contributed by atoms with Gasteiger partial charge in [-0.05, 0) is 43.0 Å². The number of rotatable bonds is 7. The molecule has 0 saturated carbocycles. The number of benzene rings is 1. The van der Waals surface area contributed by atoms with Crippen LogP contribution >= 0.6 is 0 Å². The second-order valence-electron chi connectivity index (χ2n) is 5.86. The van der Waals surface area contributed by atoms with Gasteiger partial charge in [-0.2, -0.15) is 0 Å². The van der Waals surface area contributed by atoms with Gasteiger partial charge in [0.15, 0.2) is 0 Å². The minimum absolute atomic E-state index is 0.0906. The lowest BCUT2D eigenvalue weighted by Crippen LogP contribution is -2.44. The van der Waals surface area contributed by atoms with Gasteiger partial charge >= 0.3 is 0 Å². The second kappa shape index (κ2) is 9.43. The van der Waals surface area contributed by atoms with Crippen LogP contribution in [0.4, 0.5) is 4.39 Å². The van der Waals surface area contributed by atoms with E-state index in [0.717, 1.165) is 51.1 Å². The lowest BCUT2D eigenvalue weighted by molar-refractivity contribution is -0.117. The first-order valence-corrected chi connectivity index (χ1v) is 8.13. The third-order valence-electron chi connectivity index (χ3n) is 4.05. The molecule has 0 aliphatic carbocycles. The number of ether oxygens (including phenoxy) is 1. The van der Waals surface area contributed by atoms with E-state index in [1.54, 1.807) is 25.3 Å². The monoisotopic (exact) mass is 320 g/mol. The number of nitrogens with zero attached hydrogens (tertiary/aromatic N) is 1. The number of amides is 1. The van der Waals surface area contributed by atoms with E-state index in [-0.39, 0.29) is 17.8 Å². The Hall–Kier alpha value is -1.72. The molecule has 0 atom stereocenters. The van der Waals surface area contributed by atoms with Gasteiger partial charge in [-0.25, -0.2) is 4.39 Å². The highest BCUT2D eigenvalue weighted by Crippen LogP contribution is 2.11. The summed E-state index contributed by atoms with van der Waals surface area (Å²) in [5, 5.41) is 3.04. The molecule has 5 heteroatoms. The Kier molecular flexibility index (Phi) is 7.23. The molecule has 1 N–H and O–H groups in total. The van der Waals surface area contributed by atoms with Crippen molar-refractivity contribution < 1.29 is 13.9 Å². The Morgan fingerprint density at radius 3 is 2.70 bits per heavy atom. The molecule has 126 valence electrons. The van der Waals surface area contributed by atoms with Gasteiger partial charge in [0.2, 0.25) is 5.91 Å². The highest BCUT2D eigenvalue weighted by Gasteiger charge is 2.19. The maximum absolute atomic E-state index is 12.8. The molecule has 23 heavy (non-hydrogen) atoms. The maximum atomic E-state index is 12.8. The SMILES string of the molecule is COCCCN1CCC(NC(=O)C=Cc2ccc(F)cc2)CC1. The van der Waals surface area contributed by atoms with E-state index < -0.39 is 0 Å². The van der Waals surface area contributed by atoms with E-state index in [0.29, 0.717) is 0 Å². The number of halogens is 1. The van der Waals surface area contributed by atoms with Gasteiger partial charge in [0.25, 0.3) is 0 Å². The molecule has 1 fully saturated rings. The van der Waals surface area contributed by atoms with Gasteiger partial charge in [-0.15, -0.1) is 0 Å². The Bertz CT molecular complexity index is 508. The van der Waals surface area contributed by atoms with Crippen molar-refractivity contribution in [3.8, 4) is 0 Å². The number of nitrogens with one attached hydrogen (secondary N) is 1. The van der Waals surface area contributed by atoms with Crippen LogP contribution in [0.15, 0.2) is 30.3 Å². The van der Waals surface area contributed by atoms with Crippen LogP contribution in [0.5, 0.6) is 0 Å². The van der Waals surface area contributed by atoms with Crippen LogP contribution < -0.4 is 5.32 Å². The van der Waals surface area contributed by atoms with Crippen LogP contribution in [0, 0.1) is 5.82 Å². The van der Waals surface area contributed by atoms with Gasteiger partial charge in [-0.1, -0.05) is 12.1 Å². The molecule has 1 saturated heterocycles. The number of hydrogen-bond donors (Lipinski definition) is 1. The minimum atomic E-state index is -0.274. The zero-order valence-corrected chi connectivity index (χ0v) is 13.6. The Balaban J connectivity index is 1.69. The molecule has 4 nitrogen and oxygen atoms in total. The Morgan fingerprint density at radius 1 is 1.35 bits per heavy atom. The van der Waals surface area contributed by atoms with Gasteiger partial charge in [0.1, 0.15) is 5.82 Å². The summed E-state index contributed by atoms with van der Waals surface area (Å²) >= 11 is 0. The highest BCUT2D eigenvalue weighted by atomic mass is 19.1. The van der Waals surface area contributed by atoms with E-state index in [9.17, 15) is 9.18 Å². The smallest absolute Gasteiger partial charge is 0.244 e. The number of piperidine rings is 1. The molecule has 0 spiro atoms. The molecule has 1 aliphatic heterocycles. The third kappa shape index (κ3) is 6.50. The molecule has 0 aromatic heterocycles. The van der Waals surface area contributed by atoms with Crippen LogP contribution in [0.2, 0.25) is 0 Å². The number of carbonyl (C=O) groups is 1. The quantitative estimate of drug-likeness (QED) is 0.620. The highest BCUT2D eigenvalue weighted by molar-refractivity contribution is 5.91. The number of methoxy groups -OCH3 is 1. The second-order valence-corrected chi connectivity index (χ2v) is 5.86. The minimum Gasteiger partial charge on any atom is -0.385 e. The fourth-order valence-electron chi connectivity index (χ4n) is 2.73. The van der Waals surface area contributed by atoms with E-state index in [4.69, 9.17) is 4.74 Å². The van der Waals surface area contributed by atoms with Crippen LogP contribution in [-0.2, 0) is 9.53 Å². The van der Waals surface area contributed by atoms with Crippen molar-refractivity contribution in [2.24, 2.45) is 0 Å². The van der Waals surface area contributed by atoms with Gasteiger partial charge in [0, 0.05) is 45.5 Å². The zero-order valence-electron chi connectivity index (χ0n) is 13.6.